The zero-order chi connectivity index (χ0) is 42.2. The molecule has 0 saturated heterocycles. The lowest BCUT2D eigenvalue weighted by atomic mass is 9.99. The first-order valence-electron chi connectivity index (χ1n) is 21.3. The predicted octanol–water partition coefficient (Wildman–Crippen LogP) is 13.2. The SMILES string of the molecule is [2H]c1cc([2H])c2c(c1[2H])c1c([2H])c([2H])cc([2H])c1n2-c1cc(-c2cccc3c2oc2ccccc23)ccc1-c1nc(-c2ccccc2)nc(-c2cccc(-c3ccccc3)c2)n1. The van der Waals surface area contributed by atoms with Gasteiger partial charge in [-0.1, -0.05) is 158 Å². The molecule has 0 amide bonds. The first-order chi connectivity index (χ1) is 30.2. The second-order valence-electron chi connectivity index (χ2n) is 13.5. The minimum absolute atomic E-state index is 0.0719. The minimum Gasteiger partial charge on any atom is -0.455 e. The fourth-order valence-corrected chi connectivity index (χ4v) is 7.61. The second-order valence-corrected chi connectivity index (χ2v) is 13.5. The average Bonchev–Trinajstić information content (AvgIpc) is 3.88. The van der Waals surface area contributed by atoms with Crippen molar-refractivity contribution in [2.75, 3.05) is 0 Å². The highest BCUT2D eigenvalue weighted by atomic mass is 16.3. The Balaban J connectivity index is 1.25. The first kappa shape index (κ1) is 26.2. The van der Waals surface area contributed by atoms with Gasteiger partial charge in [0.2, 0.25) is 0 Å². The lowest BCUT2D eigenvalue weighted by molar-refractivity contribution is 0.670. The molecule has 0 spiro atoms. The molecule has 0 N–H and O–H groups in total. The van der Waals surface area contributed by atoms with Gasteiger partial charge < -0.3 is 8.98 Å². The Kier molecular flexibility index (Phi) is 6.10. The van der Waals surface area contributed by atoms with E-state index in [1.807, 2.05) is 127 Å². The zero-order valence-corrected chi connectivity index (χ0v) is 29.7. The normalized spacial score (nSPS) is 13.1. The van der Waals surface area contributed by atoms with E-state index in [1.54, 1.807) is 4.57 Å². The van der Waals surface area contributed by atoms with Crippen molar-refractivity contribution in [3.8, 4) is 62.1 Å². The molecule has 0 fully saturated rings. The third-order valence-corrected chi connectivity index (χ3v) is 10.2. The molecule has 0 unspecified atom stereocenters. The Labute approximate surface area is 331 Å². The van der Waals surface area contributed by atoms with Gasteiger partial charge in [-0.05, 0) is 53.0 Å². The predicted molar refractivity (Wildman–Crippen MR) is 229 cm³/mol. The van der Waals surface area contributed by atoms with Gasteiger partial charge in [0, 0.05) is 43.8 Å². The molecule has 0 radical (unpaired) electrons. The summed E-state index contributed by atoms with van der Waals surface area (Å²) in [6.45, 7) is 0. The van der Waals surface area contributed by atoms with Crippen molar-refractivity contribution in [1.29, 1.82) is 0 Å². The number of hydrogen-bond donors (Lipinski definition) is 0. The maximum absolute atomic E-state index is 9.32. The van der Waals surface area contributed by atoms with E-state index >= 15 is 0 Å². The van der Waals surface area contributed by atoms with Gasteiger partial charge >= 0.3 is 0 Å². The van der Waals surface area contributed by atoms with Crippen molar-refractivity contribution in [1.82, 2.24) is 19.5 Å². The van der Waals surface area contributed by atoms with Crippen molar-refractivity contribution in [2.24, 2.45) is 0 Å². The molecule has 0 saturated carbocycles. The summed E-state index contributed by atoms with van der Waals surface area (Å²) in [5.41, 5.74) is 7.99. The number of fused-ring (bicyclic) bond motifs is 6. The molecule has 0 aliphatic rings. The molecule has 11 aromatic rings. The van der Waals surface area contributed by atoms with Gasteiger partial charge in [-0.25, -0.2) is 15.0 Å². The Morgan fingerprint density at radius 1 is 0.411 bits per heavy atom. The fraction of sp³-hybridized carbons (Fsp3) is 0. The van der Waals surface area contributed by atoms with Gasteiger partial charge in [0.15, 0.2) is 17.5 Å². The Bertz CT molecular complexity index is 3530. The highest BCUT2D eigenvalue weighted by molar-refractivity contribution is 6.11. The van der Waals surface area contributed by atoms with E-state index in [9.17, 15) is 2.74 Å². The highest BCUT2D eigenvalue weighted by Gasteiger charge is 2.21. The topological polar surface area (TPSA) is 56.7 Å². The number of nitrogens with zero attached hydrogens (tertiary/aromatic N) is 4. The number of furan rings is 1. The summed E-state index contributed by atoms with van der Waals surface area (Å²) in [7, 11) is 0. The number of benzene rings is 8. The number of rotatable bonds is 6. The maximum atomic E-state index is 9.32. The summed E-state index contributed by atoms with van der Waals surface area (Å²) in [6, 6.07) is 49.2. The lowest BCUT2D eigenvalue weighted by Gasteiger charge is -2.16. The van der Waals surface area contributed by atoms with Gasteiger partial charge in [-0.3, -0.25) is 0 Å². The van der Waals surface area contributed by atoms with Crippen LogP contribution in [0.15, 0.2) is 198 Å². The molecule has 3 heterocycles. The summed E-state index contributed by atoms with van der Waals surface area (Å²) >= 11 is 0. The molecular formula is C51H32N4O. The summed E-state index contributed by atoms with van der Waals surface area (Å²) in [4.78, 5) is 15.3. The smallest absolute Gasteiger partial charge is 0.166 e. The Hall–Kier alpha value is -7.63. The van der Waals surface area contributed by atoms with Crippen molar-refractivity contribution < 1.29 is 12.6 Å². The van der Waals surface area contributed by atoms with Crippen LogP contribution in [0.1, 0.15) is 8.22 Å². The second kappa shape index (κ2) is 13.0. The number of aromatic nitrogens is 4. The van der Waals surface area contributed by atoms with Crippen LogP contribution in [0, 0.1) is 0 Å². The highest BCUT2D eigenvalue weighted by Crippen LogP contribution is 2.41. The Morgan fingerprint density at radius 2 is 1.02 bits per heavy atom. The molecule has 8 aromatic carbocycles. The summed E-state index contributed by atoms with van der Waals surface area (Å²) < 4.78 is 62.3. The van der Waals surface area contributed by atoms with Gasteiger partial charge in [-0.2, -0.15) is 0 Å². The monoisotopic (exact) mass is 722 g/mol. The molecule has 0 aliphatic carbocycles. The van der Waals surface area contributed by atoms with Crippen LogP contribution in [-0.2, 0) is 0 Å². The minimum atomic E-state index is -0.199. The Morgan fingerprint density at radius 3 is 1.79 bits per heavy atom. The molecule has 56 heavy (non-hydrogen) atoms. The van der Waals surface area contributed by atoms with Crippen LogP contribution in [0.2, 0.25) is 0 Å². The molecule has 3 aromatic heterocycles. The molecule has 262 valence electrons. The third-order valence-electron chi connectivity index (χ3n) is 10.2. The van der Waals surface area contributed by atoms with Crippen molar-refractivity contribution in [2.45, 2.75) is 0 Å². The lowest BCUT2D eigenvalue weighted by Crippen LogP contribution is -2.04. The average molecular weight is 723 g/mol. The first-order valence-corrected chi connectivity index (χ1v) is 18.3. The molecule has 0 aliphatic heterocycles. The van der Waals surface area contributed by atoms with Crippen LogP contribution < -0.4 is 0 Å². The van der Waals surface area contributed by atoms with Gasteiger partial charge in [0.1, 0.15) is 11.2 Å². The zero-order valence-electron chi connectivity index (χ0n) is 35.7. The molecular weight excluding hydrogens is 685 g/mol. The van der Waals surface area contributed by atoms with E-state index < -0.39 is 0 Å². The van der Waals surface area contributed by atoms with Crippen molar-refractivity contribution in [3.63, 3.8) is 0 Å². The van der Waals surface area contributed by atoms with Crippen molar-refractivity contribution in [3.05, 3.63) is 194 Å². The van der Waals surface area contributed by atoms with E-state index in [4.69, 9.17) is 24.9 Å². The van der Waals surface area contributed by atoms with E-state index in [1.165, 1.54) is 12.1 Å². The van der Waals surface area contributed by atoms with Crippen LogP contribution in [0.4, 0.5) is 0 Å². The third kappa shape index (κ3) is 5.29. The molecule has 5 heteroatoms. The van der Waals surface area contributed by atoms with E-state index in [0.717, 1.165) is 49.7 Å². The van der Waals surface area contributed by atoms with Crippen LogP contribution in [0.3, 0.4) is 0 Å². The van der Waals surface area contributed by atoms with Crippen LogP contribution >= 0.6 is 0 Å². The standard InChI is InChI=1S/C51H32N4O/c1-3-15-33(16-4-1)35-19-13-20-37(31-35)50-52-49(34-17-5-2-6-18-34)53-51(54-50)43-30-29-36(38-24-14-25-42-41-23-9-12-28-47(41)56-48(38)42)32-46(43)55-44-26-10-7-21-39(44)40-22-8-11-27-45(40)55/h1-32H/i7D,8D,21D,22D,26D,27D. The van der Waals surface area contributed by atoms with Crippen molar-refractivity contribution >= 4 is 43.7 Å². The van der Waals surface area contributed by atoms with Gasteiger partial charge in [0.25, 0.3) is 0 Å². The summed E-state index contributed by atoms with van der Waals surface area (Å²) in [5, 5.41) is 2.23. The van der Waals surface area contributed by atoms with E-state index in [2.05, 4.69) is 18.2 Å². The van der Waals surface area contributed by atoms with E-state index in [-0.39, 0.29) is 58.1 Å². The molecule has 0 atom stereocenters. The maximum Gasteiger partial charge on any atom is 0.166 e. The summed E-state index contributed by atoms with van der Waals surface area (Å²) in [5.74, 6) is 1.17. The molecule has 0 bridgehead atoms. The van der Waals surface area contributed by atoms with Crippen LogP contribution in [-0.4, -0.2) is 19.5 Å². The molecule has 5 nitrogen and oxygen atoms in total. The quantitative estimate of drug-likeness (QED) is 0.171. The fourth-order valence-electron chi connectivity index (χ4n) is 7.61. The van der Waals surface area contributed by atoms with Gasteiger partial charge in [-0.15, -0.1) is 0 Å². The van der Waals surface area contributed by atoms with Crippen LogP contribution in [0.5, 0.6) is 0 Å². The largest absolute Gasteiger partial charge is 0.455 e. The van der Waals surface area contributed by atoms with Crippen LogP contribution in [0.25, 0.3) is 106 Å². The van der Waals surface area contributed by atoms with E-state index in [0.29, 0.717) is 34.3 Å². The summed E-state index contributed by atoms with van der Waals surface area (Å²) in [6.07, 6.45) is 0. The van der Waals surface area contributed by atoms with Gasteiger partial charge in [0.05, 0.1) is 24.9 Å². The molecule has 11 rings (SSSR count). The number of hydrogen-bond acceptors (Lipinski definition) is 4. The number of para-hydroxylation sites is 4.